The summed E-state index contributed by atoms with van der Waals surface area (Å²) >= 11 is 0. The molecule has 0 saturated carbocycles. The molecule has 0 amide bonds. The number of carbonyl (C=O) groups is 1. The van der Waals surface area contributed by atoms with E-state index in [0.717, 1.165) is 53.4 Å². The highest BCUT2D eigenvalue weighted by Crippen LogP contribution is 2.32. The maximum absolute atomic E-state index is 12.9. The van der Waals surface area contributed by atoms with E-state index in [-0.39, 0.29) is 16.8 Å². The number of aromatic nitrogens is 1. The molecule has 1 aromatic heterocycles. The number of rotatable bonds is 5. The van der Waals surface area contributed by atoms with Crippen LogP contribution in [-0.4, -0.2) is 38.4 Å². The second-order valence-corrected chi connectivity index (χ2v) is 8.84. The first-order valence-electron chi connectivity index (χ1n) is 9.31. The molecule has 4 rings (SSSR count). The van der Waals surface area contributed by atoms with Gasteiger partial charge in [0.25, 0.3) is 0 Å². The molecule has 2 aromatic rings. The van der Waals surface area contributed by atoms with Crippen LogP contribution < -0.4 is 4.72 Å². The molecule has 0 spiro atoms. The van der Waals surface area contributed by atoms with Gasteiger partial charge in [0.05, 0.1) is 11.0 Å². The number of ether oxygens (including phenoxy) is 1. The summed E-state index contributed by atoms with van der Waals surface area (Å²) in [6, 6.07) is 3.55. The van der Waals surface area contributed by atoms with E-state index in [1.165, 1.54) is 0 Å². The highest BCUT2D eigenvalue weighted by atomic mass is 32.2. The molecule has 1 aliphatic carbocycles. The number of hydrogen-bond acceptors (Lipinski definition) is 4. The van der Waals surface area contributed by atoms with Crippen molar-refractivity contribution in [3.8, 4) is 0 Å². The summed E-state index contributed by atoms with van der Waals surface area (Å²) in [5.74, 6) is 0.145. The van der Waals surface area contributed by atoms with E-state index >= 15 is 0 Å². The van der Waals surface area contributed by atoms with Gasteiger partial charge in [0.15, 0.2) is 5.78 Å². The molecule has 1 aliphatic heterocycles. The third kappa shape index (κ3) is 3.08. The molecule has 6 nitrogen and oxygen atoms in total. The lowest BCUT2D eigenvalue weighted by Crippen LogP contribution is -2.32. The van der Waals surface area contributed by atoms with Crippen molar-refractivity contribution < 1.29 is 17.9 Å². The summed E-state index contributed by atoms with van der Waals surface area (Å²) < 4.78 is 33.9. The van der Waals surface area contributed by atoms with Gasteiger partial charge in [0.2, 0.25) is 10.0 Å². The topological polar surface area (TPSA) is 88.3 Å². The fourth-order valence-corrected chi connectivity index (χ4v) is 5.37. The van der Waals surface area contributed by atoms with Crippen LogP contribution in [-0.2, 0) is 27.6 Å². The van der Waals surface area contributed by atoms with Crippen LogP contribution in [0.5, 0.6) is 0 Å². The maximum atomic E-state index is 12.9. The summed E-state index contributed by atoms with van der Waals surface area (Å²) in [6.07, 6.45) is 4.62. The zero-order valence-electron chi connectivity index (χ0n) is 14.9. The quantitative estimate of drug-likeness (QED) is 0.840. The number of aromatic amines is 1. The number of Topliss-reactive ketones (excluding diaryl/α,β-unsaturated/α-hetero) is 1. The van der Waals surface area contributed by atoms with Crippen molar-refractivity contribution in [3.63, 3.8) is 0 Å². The number of ketones is 1. The van der Waals surface area contributed by atoms with Crippen molar-refractivity contribution >= 4 is 26.7 Å². The standard InChI is InChI=1S/C19H24N2O4S/c1-2-12-9-14-16(21-15-6-3-7-17(22)19(14)15)10-18(12)26(23,24)20-11-13-5-4-8-25-13/h9-10,13,20-21H,2-8,11H2,1H3/t13-/m0/s1. The van der Waals surface area contributed by atoms with Crippen LogP contribution in [0.25, 0.3) is 10.9 Å². The van der Waals surface area contributed by atoms with Gasteiger partial charge in [-0.2, -0.15) is 0 Å². The van der Waals surface area contributed by atoms with Crippen LogP contribution in [0.2, 0.25) is 0 Å². The summed E-state index contributed by atoms with van der Waals surface area (Å²) in [5.41, 5.74) is 3.13. The highest BCUT2D eigenvalue weighted by molar-refractivity contribution is 7.89. The molecule has 1 aromatic carbocycles. The van der Waals surface area contributed by atoms with Crippen molar-refractivity contribution in [3.05, 3.63) is 29.0 Å². The molecule has 1 saturated heterocycles. The van der Waals surface area contributed by atoms with Crippen LogP contribution >= 0.6 is 0 Å². The lowest BCUT2D eigenvalue weighted by Gasteiger charge is -2.14. The third-order valence-electron chi connectivity index (χ3n) is 5.36. The first kappa shape index (κ1) is 17.7. The number of carbonyl (C=O) groups excluding carboxylic acids is 1. The largest absolute Gasteiger partial charge is 0.377 e. The van der Waals surface area contributed by atoms with Crippen LogP contribution in [0.4, 0.5) is 0 Å². The fraction of sp³-hybridized carbons (Fsp3) is 0.526. The van der Waals surface area contributed by atoms with Gasteiger partial charge >= 0.3 is 0 Å². The molecule has 140 valence electrons. The average Bonchev–Trinajstić information content (AvgIpc) is 3.26. The normalized spacial score (nSPS) is 20.7. The molecule has 26 heavy (non-hydrogen) atoms. The Morgan fingerprint density at radius 1 is 1.27 bits per heavy atom. The molecule has 1 atom stereocenters. The molecule has 1 fully saturated rings. The second-order valence-electron chi connectivity index (χ2n) is 7.10. The monoisotopic (exact) mass is 376 g/mol. The van der Waals surface area contributed by atoms with Gasteiger partial charge in [-0.15, -0.1) is 0 Å². The molecule has 7 heteroatoms. The van der Waals surface area contributed by atoms with Crippen LogP contribution in [0.1, 0.15) is 54.2 Å². The average molecular weight is 376 g/mol. The van der Waals surface area contributed by atoms with Crippen molar-refractivity contribution in [2.24, 2.45) is 0 Å². The Kier molecular flexibility index (Phi) is 4.62. The minimum absolute atomic E-state index is 0.0472. The predicted octanol–water partition coefficient (Wildman–Crippen LogP) is 2.71. The van der Waals surface area contributed by atoms with E-state index in [1.54, 1.807) is 6.07 Å². The molecule has 0 bridgehead atoms. The van der Waals surface area contributed by atoms with Gasteiger partial charge < -0.3 is 9.72 Å². The van der Waals surface area contributed by atoms with Crippen LogP contribution in [0, 0.1) is 0 Å². The number of sulfonamides is 1. The first-order chi connectivity index (χ1) is 12.5. The van der Waals surface area contributed by atoms with Gasteiger partial charge in [0.1, 0.15) is 0 Å². The Hall–Kier alpha value is -1.70. The number of benzene rings is 1. The highest BCUT2D eigenvalue weighted by Gasteiger charge is 2.26. The number of aryl methyl sites for hydroxylation is 2. The zero-order valence-corrected chi connectivity index (χ0v) is 15.7. The van der Waals surface area contributed by atoms with Crippen molar-refractivity contribution in [1.82, 2.24) is 9.71 Å². The Morgan fingerprint density at radius 3 is 2.85 bits per heavy atom. The first-order valence-corrected chi connectivity index (χ1v) is 10.8. The van der Waals surface area contributed by atoms with Crippen molar-refractivity contribution in [2.45, 2.75) is 56.4 Å². The molecular weight excluding hydrogens is 352 g/mol. The van der Waals surface area contributed by atoms with E-state index in [0.29, 0.717) is 26.0 Å². The van der Waals surface area contributed by atoms with E-state index in [1.807, 2.05) is 13.0 Å². The molecule has 2 N–H and O–H groups in total. The second kappa shape index (κ2) is 6.79. The van der Waals surface area contributed by atoms with Crippen molar-refractivity contribution in [1.29, 1.82) is 0 Å². The predicted molar refractivity (Wildman–Crippen MR) is 99.1 cm³/mol. The lowest BCUT2D eigenvalue weighted by molar-refractivity contribution is 0.0974. The van der Waals surface area contributed by atoms with Gasteiger partial charge in [-0.25, -0.2) is 13.1 Å². The maximum Gasteiger partial charge on any atom is 0.241 e. The Labute approximate surface area is 153 Å². The minimum Gasteiger partial charge on any atom is -0.377 e. The Balaban J connectivity index is 1.73. The van der Waals surface area contributed by atoms with E-state index in [4.69, 9.17) is 4.74 Å². The van der Waals surface area contributed by atoms with Crippen LogP contribution in [0.15, 0.2) is 17.0 Å². The summed E-state index contributed by atoms with van der Waals surface area (Å²) in [4.78, 5) is 15.9. The number of hydrogen-bond donors (Lipinski definition) is 2. The van der Waals surface area contributed by atoms with E-state index in [9.17, 15) is 13.2 Å². The number of H-pyrrole nitrogens is 1. The van der Waals surface area contributed by atoms with Gasteiger partial charge in [-0.05, 0) is 49.8 Å². The number of fused-ring (bicyclic) bond motifs is 3. The molecular formula is C19H24N2O4S. The van der Waals surface area contributed by atoms with Gasteiger partial charge in [-0.1, -0.05) is 6.92 Å². The molecule has 0 radical (unpaired) electrons. The molecule has 0 unspecified atom stereocenters. The van der Waals surface area contributed by atoms with Gasteiger partial charge in [-0.3, -0.25) is 4.79 Å². The lowest BCUT2D eigenvalue weighted by atomic mass is 9.94. The number of nitrogens with one attached hydrogen (secondary N) is 2. The SMILES string of the molecule is CCc1cc2c3c([nH]c2cc1S(=O)(=O)NC[C@@H]1CCCO1)CCCC3=O. The van der Waals surface area contributed by atoms with Gasteiger partial charge in [0, 0.05) is 41.7 Å². The fourth-order valence-electron chi connectivity index (χ4n) is 3.99. The van der Waals surface area contributed by atoms with E-state index < -0.39 is 10.0 Å². The smallest absolute Gasteiger partial charge is 0.241 e. The van der Waals surface area contributed by atoms with Crippen LogP contribution in [0.3, 0.4) is 0 Å². The molecule has 2 heterocycles. The van der Waals surface area contributed by atoms with Crippen molar-refractivity contribution in [2.75, 3.05) is 13.2 Å². The summed E-state index contributed by atoms with van der Waals surface area (Å²) in [6.45, 7) is 2.92. The third-order valence-corrected chi connectivity index (χ3v) is 6.87. The Morgan fingerprint density at radius 2 is 2.12 bits per heavy atom. The summed E-state index contributed by atoms with van der Waals surface area (Å²) in [7, 11) is -3.63. The summed E-state index contributed by atoms with van der Waals surface area (Å²) in [5, 5.41) is 0.847. The molecule has 2 aliphatic rings. The van der Waals surface area contributed by atoms with E-state index in [2.05, 4.69) is 9.71 Å². The minimum atomic E-state index is -3.63. The zero-order chi connectivity index (χ0) is 18.3. The Bertz CT molecular complexity index is 956.